The second-order valence-corrected chi connectivity index (χ2v) is 7.86. The molecule has 0 amide bonds. The molecule has 2 aliphatic rings. The normalized spacial score (nSPS) is 15.6. The Labute approximate surface area is 160 Å². The summed E-state index contributed by atoms with van der Waals surface area (Å²) >= 11 is 1.16. The predicted molar refractivity (Wildman–Crippen MR) is 104 cm³/mol. The maximum Gasteiger partial charge on any atom is 0.271 e. The standard InChI is InChI=1S/C20H13FN2O4S/c21-13-6-12-14(7-11(13)9-1-4-15-16(5-9)27-8-26-15)23(10-2-3-10)20-17(18(12)24)19(25)22-28-20/h1,4-7,10H,2-3,8H2,(H,22,25). The zero-order valence-corrected chi connectivity index (χ0v) is 15.3. The van der Waals surface area contributed by atoms with Crippen LogP contribution in [0.3, 0.4) is 0 Å². The minimum Gasteiger partial charge on any atom is -0.454 e. The van der Waals surface area contributed by atoms with Gasteiger partial charge in [-0.1, -0.05) is 6.07 Å². The molecule has 0 atom stereocenters. The van der Waals surface area contributed by atoms with Crippen molar-refractivity contribution in [3.8, 4) is 22.6 Å². The molecule has 2 aromatic carbocycles. The molecule has 8 heteroatoms. The van der Waals surface area contributed by atoms with Crippen LogP contribution < -0.4 is 20.5 Å². The summed E-state index contributed by atoms with van der Waals surface area (Å²) in [6, 6.07) is 8.41. The van der Waals surface area contributed by atoms with Crippen molar-refractivity contribution < 1.29 is 13.9 Å². The number of hydrogen-bond donors (Lipinski definition) is 1. The van der Waals surface area contributed by atoms with Crippen LogP contribution >= 0.6 is 11.5 Å². The smallest absolute Gasteiger partial charge is 0.271 e. The Morgan fingerprint density at radius 1 is 1.11 bits per heavy atom. The predicted octanol–water partition coefficient (Wildman–Crippen LogP) is 3.77. The number of fused-ring (bicyclic) bond motifs is 3. The molecule has 0 bridgehead atoms. The van der Waals surface area contributed by atoms with Crippen molar-refractivity contribution in [1.82, 2.24) is 8.94 Å². The van der Waals surface area contributed by atoms with E-state index in [1.807, 2.05) is 4.57 Å². The van der Waals surface area contributed by atoms with Crippen molar-refractivity contribution in [1.29, 1.82) is 0 Å². The number of nitrogens with zero attached hydrogens (tertiary/aromatic N) is 1. The molecule has 0 saturated heterocycles. The van der Waals surface area contributed by atoms with Gasteiger partial charge in [0.15, 0.2) is 11.5 Å². The van der Waals surface area contributed by atoms with E-state index in [1.165, 1.54) is 6.07 Å². The number of H-pyrrole nitrogens is 1. The average molecular weight is 396 g/mol. The van der Waals surface area contributed by atoms with Gasteiger partial charge in [-0.3, -0.25) is 14.0 Å². The molecule has 6 nitrogen and oxygen atoms in total. The van der Waals surface area contributed by atoms with Crippen LogP contribution in [0.15, 0.2) is 39.9 Å². The Morgan fingerprint density at radius 3 is 2.75 bits per heavy atom. The maximum atomic E-state index is 15.0. The first-order valence-corrected chi connectivity index (χ1v) is 9.72. The van der Waals surface area contributed by atoms with E-state index in [1.54, 1.807) is 24.3 Å². The number of ether oxygens (including phenoxy) is 2. The molecule has 1 aliphatic carbocycles. The summed E-state index contributed by atoms with van der Waals surface area (Å²) in [5.41, 5.74) is 0.814. The Hall–Kier alpha value is -3.13. The molecule has 0 unspecified atom stereocenters. The van der Waals surface area contributed by atoms with E-state index in [4.69, 9.17) is 9.47 Å². The van der Waals surface area contributed by atoms with E-state index in [2.05, 4.69) is 4.37 Å². The molecular weight excluding hydrogens is 383 g/mol. The average Bonchev–Trinajstić information content (AvgIpc) is 3.28. The molecule has 4 aromatic rings. The van der Waals surface area contributed by atoms with Crippen molar-refractivity contribution in [2.24, 2.45) is 0 Å². The zero-order chi connectivity index (χ0) is 19.0. The lowest BCUT2D eigenvalue weighted by Gasteiger charge is -2.13. The summed E-state index contributed by atoms with van der Waals surface area (Å²) < 4.78 is 30.4. The van der Waals surface area contributed by atoms with Gasteiger partial charge in [0.05, 0.1) is 5.52 Å². The molecule has 1 fully saturated rings. The SMILES string of the molecule is O=c1[nH]sc2c1c(=O)c1cc(F)c(-c3ccc4c(c3)OCO4)cc1n2C1CC1. The monoisotopic (exact) mass is 396 g/mol. The Kier molecular flexibility index (Phi) is 3.09. The number of pyridine rings is 1. The summed E-state index contributed by atoms with van der Waals surface area (Å²) in [5.74, 6) is 0.673. The molecule has 0 spiro atoms. The molecule has 6 rings (SSSR count). The number of benzene rings is 2. The number of rotatable bonds is 2. The molecule has 1 N–H and O–H groups in total. The van der Waals surface area contributed by atoms with E-state index in [0.717, 1.165) is 24.4 Å². The zero-order valence-electron chi connectivity index (χ0n) is 14.5. The molecular formula is C20H13FN2O4S. The third-order valence-electron chi connectivity index (χ3n) is 5.31. The minimum absolute atomic E-state index is 0.111. The molecule has 2 aromatic heterocycles. The lowest BCUT2D eigenvalue weighted by Crippen LogP contribution is -2.15. The maximum absolute atomic E-state index is 15.0. The van der Waals surface area contributed by atoms with Gasteiger partial charge in [0.1, 0.15) is 16.0 Å². The summed E-state index contributed by atoms with van der Waals surface area (Å²) in [4.78, 5) is 25.6. The van der Waals surface area contributed by atoms with Crippen LogP contribution in [0, 0.1) is 5.82 Å². The summed E-state index contributed by atoms with van der Waals surface area (Å²) in [6.45, 7) is 0.143. The molecule has 140 valence electrons. The number of aromatic amines is 1. The van der Waals surface area contributed by atoms with Crippen molar-refractivity contribution in [3.05, 3.63) is 56.7 Å². The fourth-order valence-electron chi connectivity index (χ4n) is 3.83. The number of aromatic nitrogens is 2. The molecule has 28 heavy (non-hydrogen) atoms. The molecule has 1 aliphatic heterocycles. The highest BCUT2D eigenvalue weighted by Crippen LogP contribution is 2.42. The molecule has 0 radical (unpaired) electrons. The lowest BCUT2D eigenvalue weighted by molar-refractivity contribution is 0.174. The fraction of sp³-hybridized carbons (Fsp3) is 0.200. The summed E-state index contributed by atoms with van der Waals surface area (Å²) in [7, 11) is 0. The van der Waals surface area contributed by atoms with Crippen LogP contribution in [0.5, 0.6) is 11.5 Å². The Balaban J connectivity index is 1.70. The van der Waals surface area contributed by atoms with Crippen molar-refractivity contribution in [2.75, 3.05) is 6.79 Å². The van der Waals surface area contributed by atoms with E-state index in [0.29, 0.717) is 33.0 Å². The van der Waals surface area contributed by atoms with Crippen LogP contribution in [0.1, 0.15) is 18.9 Å². The van der Waals surface area contributed by atoms with Gasteiger partial charge in [-0.25, -0.2) is 4.39 Å². The highest BCUT2D eigenvalue weighted by atomic mass is 32.1. The topological polar surface area (TPSA) is 73.3 Å². The van der Waals surface area contributed by atoms with Gasteiger partial charge in [0, 0.05) is 17.0 Å². The number of halogens is 1. The van der Waals surface area contributed by atoms with Crippen molar-refractivity contribution in [3.63, 3.8) is 0 Å². The van der Waals surface area contributed by atoms with Gasteiger partial charge in [-0.2, -0.15) is 0 Å². The largest absolute Gasteiger partial charge is 0.454 e. The first-order valence-electron chi connectivity index (χ1n) is 8.91. The minimum atomic E-state index is -0.517. The van der Waals surface area contributed by atoms with Gasteiger partial charge in [0.25, 0.3) is 5.56 Å². The third-order valence-corrected chi connectivity index (χ3v) is 6.19. The summed E-state index contributed by atoms with van der Waals surface area (Å²) in [6.07, 6.45) is 1.94. The molecule has 1 saturated carbocycles. The number of hydrogen-bond acceptors (Lipinski definition) is 5. The van der Waals surface area contributed by atoms with Gasteiger partial charge >= 0.3 is 0 Å². The van der Waals surface area contributed by atoms with Gasteiger partial charge in [0.2, 0.25) is 12.2 Å². The Bertz CT molecular complexity index is 1410. The van der Waals surface area contributed by atoms with Gasteiger partial charge in [-0.15, -0.1) is 0 Å². The quantitative estimate of drug-likeness (QED) is 0.560. The van der Waals surface area contributed by atoms with Crippen molar-refractivity contribution in [2.45, 2.75) is 18.9 Å². The first-order chi connectivity index (χ1) is 13.6. The lowest BCUT2D eigenvalue weighted by atomic mass is 10.0. The van der Waals surface area contributed by atoms with Crippen LogP contribution in [-0.2, 0) is 0 Å². The van der Waals surface area contributed by atoms with Crippen LogP contribution in [0.25, 0.3) is 32.2 Å². The first kappa shape index (κ1) is 15.9. The highest BCUT2D eigenvalue weighted by molar-refractivity contribution is 7.12. The highest BCUT2D eigenvalue weighted by Gasteiger charge is 2.29. The fourth-order valence-corrected chi connectivity index (χ4v) is 4.76. The van der Waals surface area contributed by atoms with Gasteiger partial charge in [-0.05, 0) is 54.2 Å². The second kappa shape index (κ2) is 5.45. The van der Waals surface area contributed by atoms with E-state index in [9.17, 15) is 9.59 Å². The van der Waals surface area contributed by atoms with Crippen LogP contribution in [0.2, 0.25) is 0 Å². The second-order valence-electron chi connectivity index (χ2n) is 7.06. The van der Waals surface area contributed by atoms with Crippen LogP contribution in [-0.4, -0.2) is 15.7 Å². The van der Waals surface area contributed by atoms with Crippen LogP contribution in [0.4, 0.5) is 4.39 Å². The van der Waals surface area contributed by atoms with Gasteiger partial charge < -0.3 is 14.0 Å². The number of nitrogens with one attached hydrogen (secondary N) is 1. The molecule has 3 heterocycles. The van der Waals surface area contributed by atoms with E-state index < -0.39 is 16.8 Å². The van der Waals surface area contributed by atoms with Crippen molar-refractivity contribution >= 4 is 32.7 Å². The summed E-state index contributed by atoms with van der Waals surface area (Å²) in [5, 5.41) is 0.338. The van der Waals surface area contributed by atoms with E-state index >= 15 is 4.39 Å². The third kappa shape index (κ3) is 2.12. The van der Waals surface area contributed by atoms with E-state index in [-0.39, 0.29) is 23.6 Å². The Morgan fingerprint density at radius 2 is 1.93 bits per heavy atom.